The number of hydrogen-bond donors (Lipinski definition) is 0. The Labute approximate surface area is 89.6 Å². The Morgan fingerprint density at radius 2 is 1.47 bits per heavy atom. The van der Waals surface area contributed by atoms with Crippen molar-refractivity contribution in [2.24, 2.45) is 5.41 Å². The summed E-state index contributed by atoms with van der Waals surface area (Å²) in [5.74, 6) is 0. The molecule has 0 aromatic carbocycles. The van der Waals surface area contributed by atoms with Gasteiger partial charge in [-0.25, -0.2) is 0 Å². The Bertz CT molecular complexity index is 196. The molecule has 2 rings (SSSR count). The first kappa shape index (κ1) is 11.3. The van der Waals surface area contributed by atoms with E-state index in [9.17, 15) is 0 Å². The van der Waals surface area contributed by atoms with Crippen molar-refractivity contribution in [1.82, 2.24) is 0 Å². The molecule has 0 aromatic heterocycles. The van der Waals surface area contributed by atoms with Crippen molar-refractivity contribution in [3.05, 3.63) is 0 Å². The summed E-state index contributed by atoms with van der Waals surface area (Å²) in [6.45, 7) is 7.25. The zero-order valence-corrected chi connectivity index (χ0v) is 9.28. The van der Waals surface area contributed by atoms with E-state index >= 15 is 0 Å². The zero-order chi connectivity index (χ0) is 10.8. The van der Waals surface area contributed by atoms with Crippen LogP contribution in [0.4, 0.5) is 0 Å². The van der Waals surface area contributed by atoms with Gasteiger partial charge in [0, 0.05) is 0 Å². The summed E-state index contributed by atoms with van der Waals surface area (Å²) in [7, 11) is 0. The maximum absolute atomic E-state index is 5.56. The van der Waals surface area contributed by atoms with Gasteiger partial charge in [0.2, 0.25) is 0 Å². The van der Waals surface area contributed by atoms with Crippen LogP contribution >= 0.6 is 0 Å². The van der Waals surface area contributed by atoms with Crippen LogP contribution in [0.5, 0.6) is 0 Å². The minimum Gasteiger partial charge on any atom is -0.380 e. The van der Waals surface area contributed by atoms with Crippen LogP contribution < -0.4 is 0 Å². The van der Waals surface area contributed by atoms with Gasteiger partial charge >= 0.3 is 6.16 Å². The van der Waals surface area contributed by atoms with Crippen LogP contribution in [0.3, 0.4) is 0 Å². The molecule has 0 bridgehead atoms. The highest BCUT2D eigenvalue weighted by Gasteiger charge is 2.50. The maximum atomic E-state index is 5.56. The summed E-state index contributed by atoms with van der Waals surface area (Å²) in [5.41, 5.74) is 0.0255. The molecule has 2 heterocycles. The molecule has 0 N–H and O–H groups in total. The summed E-state index contributed by atoms with van der Waals surface area (Å²) < 4.78 is 27.0. The first-order valence-electron chi connectivity index (χ1n) is 5.38. The molecular weight excluding hydrogens is 200 g/mol. The Morgan fingerprint density at radius 3 is 1.80 bits per heavy atom. The van der Waals surface area contributed by atoms with Crippen LogP contribution in [0, 0.1) is 5.41 Å². The lowest BCUT2D eigenvalue weighted by atomic mass is 9.88. The highest BCUT2D eigenvalue weighted by atomic mass is 17.0. The Morgan fingerprint density at radius 1 is 0.933 bits per heavy atom. The molecule has 15 heavy (non-hydrogen) atoms. The summed E-state index contributed by atoms with van der Waals surface area (Å²) in [4.78, 5) is 0. The fraction of sp³-hybridized carbons (Fsp3) is 1.00. The molecule has 0 saturated carbocycles. The van der Waals surface area contributed by atoms with Gasteiger partial charge in [-0.3, -0.25) is 0 Å². The molecule has 88 valence electrons. The van der Waals surface area contributed by atoms with E-state index in [1.54, 1.807) is 0 Å². The molecule has 2 saturated heterocycles. The van der Waals surface area contributed by atoms with Crippen LogP contribution in [-0.2, 0) is 23.7 Å². The third-order valence-electron chi connectivity index (χ3n) is 2.57. The maximum Gasteiger partial charge on any atom is 0.412 e. The van der Waals surface area contributed by atoms with Crippen LogP contribution in [0.2, 0.25) is 0 Å². The van der Waals surface area contributed by atoms with Crippen molar-refractivity contribution in [3.63, 3.8) is 0 Å². The van der Waals surface area contributed by atoms with Gasteiger partial charge in [0.05, 0.1) is 45.1 Å². The summed E-state index contributed by atoms with van der Waals surface area (Å²) in [5, 5.41) is 0. The standard InChI is InChI=1S/C10H18O5/c1-3-12-10(13-4-2)14-7-9(8-15-10)5-11-6-9/h3-8H2,1-2H3. The molecule has 1 spiro atoms. The fourth-order valence-corrected chi connectivity index (χ4v) is 1.69. The minimum atomic E-state index is -1.29. The van der Waals surface area contributed by atoms with Crippen molar-refractivity contribution in [1.29, 1.82) is 0 Å². The second-order valence-electron chi connectivity index (χ2n) is 3.94. The van der Waals surface area contributed by atoms with Crippen molar-refractivity contribution in [3.8, 4) is 0 Å². The van der Waals surface area contributed by atoms with E-state index in [-0.39, 0.29) is 5.41 Å². The van der Waals surface area contributed by atoms with Crippen molar-refractivity contribution >= 4 is 0 Å². The Kier molecular flexibility index (Phi) is 3.27. The van der Waals surface area contributed by atoms with E-state index in [2.05, 4.69) is 0 Å². The predicted octanol–water partition coefficient (Wildman–Crippen LogP) is 0.734. The van der Waals surface area contributed by atoms with Crippen LogP contribution in [0.1, 0.15) is 13.8 Å². The molecule has 0 radical (unpaired) electrons. The lowest BCUT2D eigenvalue weighted by Crippen LogP contribution is -2.59. The monoisotopic (exact) mass is 218 g/mol. The van der Waals surface area contributed by atoms with Gasteiger partial charge in [-0.05, 0) is 13.8 Å². The highest BCUT2D eigenvalue weighted by Crippen LogP contribution is 2.36. The second-order valence-corrected chi connectivity index (χ2v) is 3.94. The van der Waals surface area contributed by atoms with Gasteiger partial charge in [0.15, 0.2) is 0 Å². The van der Waals surface area contributed by atoms with Gasteiger partial charge in [0.1, 0.15) is 0 Å². The quantitative estimate of drug-likeness (QED) is 0.651. The fourth-order valence-electron chi connectivity index (χ4n) is 1.69. The average molecular weight is 218 g/mol. The number of rotatable bonds is 4. The average Bonchev–Trinajstić information content (AvgIpc) is 2.18. The number of ether oxygens (including phenoxy) is 5. The molecule has 5 nitrogen and oxygen atoms in total. The molecule has 0 unspecified atom stereocenters. The van der Waals surface area contributed by atoms with Gasteiger partial charge < -0.3 is 23.7 Å². The van der Waals surface area contributed by atoms with Gasteiger partial charge in [-0.1, -0.05) is 0 Å². The van der Waals surface area contributed by atoms with E-state index in [0.717, 1.165) is 0 Å². The molecule has 0 amide bonds. The number of hydrogen-bond acceptors (Lipinski definition) is 5. The van der Waals surface area contributed by atoms with Crippen molar-refractivity contribution in [2.75, 3.05) is 39.6 Å². The lowest BCUT2D eigenvalue weighted by molar-refractivity contribution is -0.530. The van der Waals surface area contributed by atoms with E-state index < -0.39 is 6.16 Å². The predicted molar refractivity (Wildman–Crippen MR) is 51.1 cm³/mol. The summed E-state index contributed by atoms with van der Waals surface area (Å²) in [6.07, 6.45) is -1.29. The largest absolute Gasteiger partial charge is 0.412 e. The van der Waals surface area contributed by atoms with Crippen molar-refractivity contribution < 1.29 is 23.7 Å². The first-order valence-corrected chi connectivity index (χ1v) is 5.38. The molecule has 2 aliphatic heterocycles. The Hall–Kier alpha value is -0.200. The third kappa shape index (κ3) is 2.16. The molecule has 5 heteroatoms. The van der Waals surface area contributed by atoms with Crippen molar-refractivity contribution in [2.45, 2.75) is 20.0 Å². The van der Waals surface area contributed by atoms with Crippen LogP contribution in [0.15, 0.2) is 0 Å². The third-order valence-corrected chi connectivity index (χ3v) is 2.57. The summed E-state index contributed by atoms with van der Waals surface area (Å²) in [6, 6.07) is 0. The molecule has 2 fully saturated rings. The molecule has 0 atom stereocenters. The van der Waals surface area contributed by atoms with E-state index in [1.165, 1.54) is 0 Å². The topological polar surface area (TPSA) is 46.2 Å². The van der Waals surface area contributed by atoms with Gasteiger partial charge in [-0.2, -0.15) is 0 Å². The van der Waals surface area contributed by atoms with Crippen LogP contribution in [-0.4, -0.2) is 45.8 Å². The normalized spacial score (nSPS) is 27.6. The van der Waals surface area contributed by atoms with E-state index in [4.69, 9.17) is 23.7 Å². The molecular formula is C10H18O5. The second kappa shape index (κ2) is 4.35. The molecule has 2 aliphatic rings. The SMILES string of the molecule is CCOC1(OCC)OCC2(COC2)CO1. The van der Waals surface area contributed by atoms with Crippen LogP contribution in [0.25, 0.3) is 0 Å². The van der Waals surface area contributed by atoms with E-state index in [1.807, 2.05) is 13.8 Å². The first-order chi connectivity index (χ1) is 7.24. The smallest absolute Gasteiger partial charge is 0.380 e. The molecule has 0 aliphatic carbocycles. The zero-order valence-electron chi connectivity index (χ0n) is 9.28. The van der Waals surface area contributed by atoms with Gasteiger partial charge in [-0.15, -0.1) is 0 Å². The van der Waals surface area contributed by atoms with Gasteiger partial charge in [0.25, 0.3) is 0 Å². The minimum absolute atomic E-state index is 0.0255. The summed E-state index contributed by atoms with van der Waals surface area (Å²) >= 11 is 0. The van der Waals surface area contributed by atoms with E-state index in [0.29, 0.717) is 39.6 Å². The highest BCUT2D eigenvalue weighted by molar-refractivity contribution is 4.87. The lowest BCUT2D eigenvalue weighted by Gasteiger charge is -2.48. The Balaban J connectivity index is 1.91. The molecule has 0 aromatic rings.